The van der Waals surface area contributed by atoms with E-state index in [1.165, 1.54) is 12.1 Å². The summed E-state index contributed by atoms with van der Waals surface area (Å²) >= 11 is 6.20. The standard InChI is InChI=1S/C21H14ClFN2O4/c1-12-19(20(25-28-12)14-6-2-4-8-16(14)22)21(26)27-11-13-10-18(29-24-13)15-7-3-5-9-17(15)23/h2-10H,11H2,1H3. The summed E-state index contributed by atoms with van der Waals surface area (Å²) in [6, 6.07) is 14.6. The molecule has 0 saturated carbocycles. The van der Waals surface area contributed by atoms with E-state index in [4.69, 9.17) is 25.4 Å². The molecule has 0 fully saturated rings. The second-order valence-corrected chi connectivity index (χ2v) is 6.59. The normalized spacial score (nSPS) is 10.9. The van der Waals surface area contributed by atoms with Gasteiger partial charge in [-0.3, -0.25) is 0 Å². The summed E-state index contributed by atoms with van der Waals surface area (Å²) in [5.74, 6) is -0.532. The summed E-state index contributed by atoms with van der Waals surface area (Å²) < 4.78 is 29.5. The number of hydrogen-bond acceptors (Lipinski definition) is 6. The molecule has 29 heavy (non-hydrogen) atoms. The fourth-order valence-electron chi connectivity index (χ4n) is 2.83. The largest absolute Gasteiger partial charge is 0.455 e. The maximum absolute atomic E-state index is 13.9. The molecule has 0 aliphatic carbocycles. The van der Waals surface area contributed by atoms with Gasteiger partial charge in [0, 0.05) is 11.6 Å². The lowest BCUT2D eigenvalue weighted by Crippen LogP contribution is -2.07. The number of aromatic nitrogens is 2. The van der Waals surface area contributed by atoms with E-state index in [9.17, 15) is 9.18 Å². The Morgan fingerprint density at radius 2 is 1.79 bits per heavy atom. The third-order valence-corrected chi connectivity index (χ3v) is 4.57. The molecular weight excluding hydrogens is 399 g/mol. The monoisotopic (exact) mass is 412 g/mol. The van der Waals surface area contributed by atoms with Crippen molar-refractivity contribution in [3.63, 3.8) is 0 Å². The van der Waals surface area contributed by atoms with Crippen molar-refractivity contribution in [1.82, 2.24) is 10.3 Å². The molecule has 0 saturated heterocycles. The predicted molar refractivity (Wildman–Crippen MR) is 103 cm³/mol. The Labute approximate surface area is 169 Å². The number of ether oxygens (including phenoxy) is 1. The van der Waals surface area contributed by atoms with Crippen LogP contribution in [-0.2, 0) is 11.3 Å². The fraction of sp³-hybridized carbons (Fsp3) is 0.0952. The molecule has 8 heteroatoms. The van der Waals surface area contributed by atoms with Crippen molar-refractivity contribution >= 4 is 17.6 Å². The SMILES string of the molecule is Cc1onc(-c2ccccc2Cl)c1C(=O)OCc1cc(-c2ccccc2F)on1. The van der Waals surface area contributed by atoms with Crippen LogP contribution in [0.4, 0.5) is 4.39 Å². The molecule has 0 bridgehead atoms. The molecular formula is C21H14ClFN2O4. The quantitative estimate of drug-likeness (QED) is 0.405. The van der Waals surface area contributed by atoms with E-state index < -0.39 is 11.8 Å². The second-order valence-electron chi connectivity index (χ2n) is 6.18. The number of carbonyl (C=O) groups excluding carboxylic acids is 1. The van der Waals surface area contributed by atoms with Crippen LogP contribution in [0.3, 0.4) is 0 Å². The third-order valence-electron chi connectivity index (χ3n) is 4.25. The lowest BCUT2D eigenvalue weighted by Gasteiger charge is -2.04. The van der Waals surface area contributed by atoms with Crippen molar-refractivity contribution in [2.45, 2.75) is 13.5 Å². The van der Waals surface area contributed by atoms with E-state index >= 15 is 0 Å². The van der Waals surface area contributed by atoms with Gasteiger partial charge in [-0.2, -0.15) is 0 Å². The highest BCUT2D eigenvalue weighted by Crippen LogP contribution is 2.31. The Balaban J connectivity index is 1.53. The van der Waals surface area contributed by atoms with Crippen LogP contribution < -0.4 is 0 Å². The van der Waals surface area contributed by atoms with Crippen LogP contribution in [0.15, 0.2) is 63.6 Å². The summed E-state index contributed by atoms with van der Waals surface area (Å²) in [6.45, 7) is 1.44. The highest BCUT2D eigenvalue weighted by Gasteiger charge is 2.24. The molecule has 4 rings (SSSR count). The lowest BCUT2D eigenvalue weighted by atomic mass is 10.1. The number of carbonyl (C=O) groups is 1. The van der Waals surface area contributed by atoms with Crippen LogP contribution >= 0.6 is 11.6 Å². The first-order valence-corrected chi connectivity index (χ1v) is 9.01. The van der Waals surface area contributed by atoms with Crippen molar-refractivity contribution in [2.24, 2.45) is 0 Å². The number of esters is 1. The Hall–Kier alpha value is -3.45. The zero-order chi connectivity index (χ0) is 20.4. The van der Waals surface area contributed by atoms with Gasteiger partial charge in [0.05, 0.1) is 10.6 Å². The Morgan fingerprint density at radius 1 is 1.07 bits per heavy atom. The maximum atomic E-state index is 13.9. The van der Waals surface area contributed by atoms with E-state index in [1.807, 2.05) is 0 Å². The van der Waals surface area contributed by atoms with Crippen LogP contribution in [0.2, 0.25) is 5.02 Å². The fourth-order valence-corrected chi connectivity index (χ4v) is 3.05. The van der Waals surface area contributed by atoms with Gasteiger partial charge in [0.25, 0.3) is 0 Å². The minimum Gasteiger partial charge on any atom is -0.455 e. The van der Waals surface area contributed by atoms with Gasteiger partial charge in [0.2, 0.25) is 0 Å². The number of halogens is 2. The van der Waals surface area contributed by atoms with E-state index in [2.05, 4.69) is 10.3 Å². The van der Waals surface area contributed by atoms with Crippen molar-refractivity contribution in [2.75, 3.05) is 0 Å². The van der Waals surface area contributed by atoms with Crippen LogP contribution in [0, 0.1) is 12.7 Å². The lowest BCUT2D eigenvalue weighted by molar-refractivity contribution is 0.0463. The Morgan fingerprint density at radius 3 is 2.55 bits per heavy atom. The van der Waals surface area contributed by atoms with Gasteiger partial charge in [0.1, 0.15) is 35.1 Å². The minimum absolute atomic E-state index is 0.163. The molecule has 0 amide bonds. The molecule has 0 unspecified atom stereocenters. The van der Waals surface area contributed by atoms with E-state index in [0.717, 1.165) is 0 Å². The van der Waals surface area contributed by atoms with Crippen LogP contribution in [0.25, 0.3) is 22.6 Å². The molecule has 4 aromatic rings. The number of nitrogens with zero attached hydrogens (tertiary/aromatic N) is 2. The van der Waals surface area contributed by atoms with Crippen molar-refractivity contribution in [3.05, 3.63) is 82.5 Å². The van der Waals surface area contributed by atoms with Crippen LogP contribution in [0.1, 0.15) is 21.8 Å². The number of rotatable bonds is 5. The Bertz CT molecular complexity index is 1180. The first kappa shape index (κ1) is 18.9. The van der Waals surface area contributed by atoms with E-state index in [0.29, 0.717) is 27.7 Å². The molecule has 0 aliphatic heterocycles. The average molecular weight is 413 g/mol. The first-order chi connectivity index (χ1) is 14.0. The molecule has 0 atom stereocenters. The molecule has 0 N–H and O–H groups in total. The summed E-state index contributed by atoms with van der Waals surface area (Å²) in [5.41, 5.74) is 1.64. The molecule has 0 spiro atoms. The van der Waals surface area contributed by atoms with E-state index in [-0.39, 0.29) is 23.5 Å². The van der Waals surface area contributed by atoms with Crippen LogP contribution in [-0.4, -0.2) is 16.3 Å². The van der Waals surface area contributed by atoms with Crippen molar-refractivity contribution < 1.29 is 23.0 Å². The molecule has 146 valence electrons. The Kier molecular flexibility index (Phi) is 5.14. The molecule has 0 aliphatic rings. The zero-order valence-corrected chi connectivity index (χ0v) is 15.9. The van der Waals surface area contributed by atoms with Gasteiger partial charge in [0.15, 0.2) is 5.76 Å². The second kappa shape index (κ2) is 7.89. The zero-order valence-electron chi connectivity index (χ0n) is 15.2. The van der Waals surface area contributed by atoms with Crippen molar-refractivity contribution in [3.8, 4) is 22.6 Å². The average Bonchev–Trinajstić information content (AvgIpc) is 3.34. The van der Waals surface area contributed by atoms with Gasteiger partial charge >= 0.3 is 5.97 Å². The van der Waals surface area contributed by atoms with Gasteiger partial charge in [-0.1, -0.05) is 52.2 Å². The van der Waals surface area contributed by atoms with Gasteiger partial charge in [-0.05, 0) is 25.1 Å². The highest BCUT2D eigenvalue weighted by molar-refractivity contribution is 6.33. The maximum Gasteiger partial charge on any atom is 0.344 e. The van der Waals surface area contributed by atoms with E-state index in [1.54, 1.807) is 49.4 Å². The molecule has 6 nitrogen and oxygen atoms in total. The molecule has 0 radical (unpaired) electrons. The minimum atomic E-state index is -0.644. The molecule has 2 aromatic heterocycles. The molecule has 2 aromatic carbocycles. The number of benzene rings is 2. The van der Waals surface area contributed by atoms with Gasteiger partial charge < -0.3 is 13.8 Å². The summed E-state index contributed by atoms with van der Waals surface area (Å²) in [4.78, 5) is 12.7. The summed E-state index contributed by atoms with van der Waals surface area (Å²) in [5, 5.41) is 8.20. The first-order valence-electron chi connectivity index (χ1n) is 8.63. The smallest absolute Gasteiger partial charge is 0.344 e. The highest BCUT2D eigenvalue weighted by atomic mass is 35.5. The predicted octanol–water partition coefficient (Wildman–Crippen LogP) is 5.45. The summed E-state index contributed by atoms with van der Waals surface area (Å²) in [6.07, 6.45) is 0. The summed E-state index contributed by atoms with van der Waals surface area (Å²) in [7, 11) is 0. The van der Waals surface area contributed by atoms with Gasteiger partial charge in [-0.15, -0.1) is 0 Å². The third kappa shape index (κ3) is 3.77. The number of hydrogen-bond donors (Lipinski definition) is 0. The van der Waals surface area contributed by atoms with Crippen molar-refractivity contribution in [1.29, 1.82) is 0 Å². The molecule has 2 heterocycles. The number of aryl methyl sites for hydroxylation is 1. The van der Waals surface area contributed by atoms with Gasteiger partial charge in [-0.25, -0.2) is 9.18 Å². The topological polar surface area (TPSA) is 78.4 Å². The van der Waals surface area contributed by atoms with Crippen LogP contribution in [0.5, 0.6) is 0 Å².